The molecule has 3 aromatic rings. The smallest absolute Gasteiger partial charge is 0.134 e. The number of hydrogen-bond donors (Lipinski definition) is 2. The monoisotopic (exact) mass is 297 g/mol. The number of imidazole rings is 1. The molecule has 3 rings (SSSR count). The molecule has 0 saturated heterocycles. The van der Waals surface area contributed by atoms with Crippen LogP contribution in [0.15, 0.2) is 59.5 Å². The van der Waals surface area contributed by atoms with Gasteiger partial charge in [0, 0.05) is 31.0 Å². The number of nitrogens with zero attached hydrogens (tertiary/aromatic N) is 2. The molecule has 0 radical (unpaired) electrons. The van der Waals surface area contributed by atoms with E-state index in [-0.39, 0.29) is 6.61 Å². The van der Waals surface area contributed by atoms with Crippen molar-refractivity contribution in [2.45, 2.75) is 13.1 Å². The van der Waals surface area contributed by atoms with Crippen LogP contribution in [-0.4, -0.2) is 33.1 Å². The van der Waals surface area contributed by atoms with Gasteiger partial charge in [0.1, 0.15) is 11.6 Å². The van der Waals surface area contributed by atoms with Crippen LogP contribution in [0.1, 0.15) is 11.4 Å². The summed E-state index contributed by atoms with van der Waals surface area (Å²) in [4.78, 5) is 9.51. The minimum Gasteiger partial charge on any atom is -0.464 e. The molecule has 0 atom stereocenters. The van der Waals surface area contributed by atoms with E-state index in [0.717, 1.165) is 29.3 Å². The van der Waals surface area contributed by atoms with E-state index in [1.54, 1.807) is 12.5 Å². The van der Waals surface area contributed by atoms with Crippen molar-refractivity contribution in [3.05, 3.63) is 66.4 Å². The van der Waals surface area contributed by atoms with E-state index < -0.39 is 0 Å². The van der Waals surface area contributed by atoms with Crippen LogP contribution < -0.4 is 0 Å². The highest BCUT2D eigenvalue weighted by molar-refractivity contribution is 5.61. The van der Waals surface area contributed by atoms with Crippen LogP contribution >= 0.6 is 0 Å². The zero-order chi connectivity index (χ0) is 15.2. The molecule has 0 bridgehead atoms. The van der Waals surface area contributed by atoms with Gasteiger partial charge in [-0.05, 0) is 17.7 Å². The standard InChI is InChI=1S/C17H19N3O2/c21-10-9-20(13-17-18-7-8-19-17)12-14-4-1-2-5-15(14)16-6-3-11-22-16/h1-8,11,21H,9-10,12-13H2,(H,18,19). The molecule has 22 heavy (non-hydrogen) atoms. The number of H-pyrrole nitrogens is 1. The molecular weight excluding hydrogens is 278 g/mol. The second-order valence-corrected chi connectivity index (χ2v) is 5.10. The fourth-order valence-corrected chi connectivity index (χ4v) is 2.52. The molecule has 0 aliphatic heterocycles. The van der Waals surface area contributed by atoms with Crippen molar-refractivity contribution in [3.8, 4) is 11.3 Å². The zero-order valence-corrected chi connectivity index (χ0v) is 12.3. The first kappa shape index (κ1) is 14.6. The third-order valence-electron chi connectivity index (χ3n) is 3.54. The fraction of sp³-hybridized carbons (Fsp3) is 0.235. The highest BCUT2D eigenvalue weighted by Crippen LogP contribution is 2.25. The lowest BCUT2D eigenvalue weighted by Crippen LogP contribution is -2.26. The number of benzene rings is 1. The van der Waals surface area contributed by atoms with Gasteiger partial charge >= 0.3 is 0 Å². The van der Waals surface area contributed by atoms with Crippen molar-refractivity contribution in [3.63, 3.8) is 0 Å². The van der Waals surface area contributed by atoms with Crippen molar-refractivity contribution >= 4 is 0 Å². The normalized spacial score (nSPS) is 11.2. The molecule has 1 aromatic carbocycles. The highest BCUT2D eigenvalue weighted by Gasteiger charge is 2.12. The van der Waals surface area contributed by atoms with Crippen LogP contribution in [0.5, 0.6) is 0 Å². The average Bonchev–Trinajstić information content (AvgIpc) is 3.21. The Labute approximate surface area is 129 Å². The first-order valence-electron chi connectivity index (χ1n) is 7.30. The summed E-state index contributed by atoms with van der Waals surface area (Å²) in [7, 11) is 0. The van der Waals surface area contributed by atoms with Gasteiger partial charge in [0.05, 0.1) is 19.4 Å². The van der Waals surface area contributed by atoms with Crippen LogP contribution in [0, 0.1) is 0 Å². The molecule has 0 fully saturated rings. The molecule has 0 aliphatic rings. The van der Waals surface area contributed by atoms with E-state index in [9.17, 15) is 5.11 Å². The first-order chi connectivity index (χ1) is 10.9. The number of aromatic nitrogens is 2. The van der Waals surface area contributed by atoms with E-state index in [0.29, 0.717) is 13.1 Å². The summed E-state index contributed by atoms with van der Waals surface area (Å²) in [5.41, 5.74) is 2.24. The number of rotatable bonds is 7. The van der Waals surface area contributed by atoms with Gasteiger partial charge in [-0.2, -0.15) is 0 Å². The second kappa shape index (κ2) is 7.06. The number of nitrogens with one attached hydrogen (secondary N) is 1. The third-order valence-corrected chi connectivity index (χ3v) is 3.54. The molecule has 0 saturated carbocycles. The molecule has 5 nitrogen and oxygen atoms in total. The Morgan fingerprint density at radius 1 is 1.14 bits per heavy atom. The van der Waals surface area contributed by atoms with E-state index in [1.165, 1.54) is 0 Å². The van der Waals surface area contributed by atoms with Gasteiger partial charge in [0.2, 0.25) is 0 Å². The molecule has 2 aromatic heterocycles. The number of aliphatic hydroxyl groups excluding tert-OH is 1. The molecule has 2 N–H and O–H groups in total. The van der Waals surface area contributed by atoms with Gasteiger partial charge in [-0.1, -0.05) is 24.3 Å². The third kappa shape index (κ3) is 3.44. The Morgan fingerprint density at radius 3 is 2.77 bits per heavy atom. The molecule has 114 valence electrons. The summed E-state index contributed by atoms with van der Waals surface area (Å²) >= 11 is 0. The van der Waals surface area contributed by atoms with Gasteiger partial charge in [-0.15, -0.1) is 0 Å². The summed E-state index contributed by atoms with van der Waals surface area (Å²) in [5, 5.41) is 9.31. The Hall–Kier alpha value is -2.37. The molecule has 0 aliphatic carbocycles. The van der Waals surface area contributed by atoms with Crippen LogP contribution in [0.2, 0.25) is 0 Å². The van der Waals surface area contributed by atoms with Crippen molar-refractivity contribution in [1.82, 2.24) is 14.9 Å². The molecule has 0 unspecified atom stereocenters. The van der Waals surface area contributed by atoms with Crippen molar-refractivity contribution in [2.24, 2.45) is 0 Å². The Kier molecular flexibility index (Phi) is 4.68. The van der Waals surface area contributed by atoms with Gasteiger partial charge < -0.3 is 14.5 Å². The predicted octanol–water partition coefficient (Wildman–Crippen LogP) is 2.66. The number of furan rings is 1. The molecule has 2 heterocycles. The predicted molar refractivity (Wildman–Crippen MR) is 83.9 cm³/mol. The van der Waals surface area contributed by atoms with Crippen molar-refractivity contribution < 1.29 is 9.52 Å². The van der Waals surface area contributed by atoms with E-state index >= 15 is 0 Å². The summed E-state index contributed by atoms with van der Waals surface area (Å²) in [6.45, 7) is 2.09. The van der Waals surface area contributed by atoms with E-state index in [2.05, 4.69) is 27.0 Å². The topological polar surface area (TPSA) is 65.3 Å². The lowest BCUT2D eigenvalue weighted by Gasteiger charge is -2.21. The van der Waals surface area contributed by atoms with Crippen molar-refractivity contribution in [2.75, 3.05) is 13.2 Å². The second-order valence-electron chi connectivity index (χ2n) is 5.10. The minimum atomic E-state index is 0.115. The minimum absolute atomic E-state index is 0.115. The molecular formula is C17H19N3O2. The van der Waals surface area contributed by atoms with E-state index in [4.69, 9.17) is 4.42 Å². The fourth-order valence-electron chi connectivity index (χ4n) is 2.52. The lowest BCUT2D eigenvalue weighted by molar-refractivity contribution is 0.181. The lowest BCUT2D eigenvalue weighted by atomic mass is 10.0. The zero-order valence-electron chi connectivity index (χ0n) is 12.3. The van der Waals surface area contributed by atoms with Crippen LogP contribution in [0.3, 0.4) is 0 Å². The number of aliphatic hydroxyl groups is 1. The Balaban J connectivity index is 1.80. The quantitative estimate of drug-likeness (QED) is 0.703. The van der Waals surface area contributed by atoms with Gasteiger partial charge in [-0.25, -0.2) is 4.98 Å². The maximum Gasteiger partial charge on any atom is 0.134 e. The van der Waals surface area contributed by atoms with Crippen LogP contribution in [0.4, 0.5) is 0 Å². The highest BCUT2D eigenvalue weighted by atomic mass is 16.3. The average molecular weight is 297 g/mol. The Bertz CT molecular complexity index is 678. The number of hydrogen-bond acceptors (Lipinski definition) is 4. The number of aromatic amines is 1. The Morgan fingerprint density at radius 2 is 2.05 bits per heavy atom. The summed E-state index contributed by atoms with van der Waals surface area (Å²) in [6.07, 6.45) is 5.23. The van der Waals surface area contributed by atoms with Gasteiger partial charge in [0.15, 0.2) is 0 Å². The molecule has 5 heteroatoms. The van der Waals surface area contributed by atoms with Crippen molar-refractivity contribution in [1.29, 1.82) is 0 Å². The molecule has 0 spiro atoms. The maximum absolute atomic E-state index is 9.31. The summed E-state index contributed by atoms with van der Waals surface area (Å²) < 4.78 is 5.52. The molecule has 0 amide bonds. The van der Waals surface area contributed by atoms with Gasteiger partial charge in [-0.3, -0.25) is 4.90 Å². The van der Waals surface area contributed by atoms with Crippen LogP contribution in [0.25, 0.3) is 11.3 Å². The van der Waals surface area contributed by atoms with Gasteiger partial charge in [0.25, 0.3) is 0 Å². The summed E-state index contributed by atoms with van der Waals surface area (Å²) in [5.74, 6) is 1.75. The largest absolute Gasteiger partial charge is 0.464 e. The maximum atomic E-state index is 9.31. The van der Waals surface area contributed by atoms with E-state index in [1.807, 2.05) is 30.5 Å². The first-order valence-corrected chi connectivity index (χ1v) is 7.30. The summed E-state index contributed by atoms with van der Waals surface area (Å²) in [6, 6.07) is 12.0. The SMILES string of the molecule is OCCN(Cc1ncc[nH]1)Cc1ccccc1-c1ccco1. The van der Waals surface area contributed by atoms with Crippen LogP contribution in [-0.2, 0) is 13.1 Å².